The van der Waals surface area contributed by atoms with E-state index in [-0.39, 0.29) is 5.56 Å². The number of anilines is 1. The third-order valence-electron chi connectivity index (χ3n) is 2.02. The molecule has 0 atom stereocenters. The molecule has 0 aliphatic heterocycles. The minimum atomic E-state index is -2.56. The molecule has 2 N–H and O–H groups in total. The van der Waals surface area contributed by atoms with E-state index in [1.54, 1.807) is 12.1 Å². The molecule has 2 rings (SSSR count). The van der Waals surface area contributed by atoms with E-state index in [4.69, 9.17) is 5.73 Å². The van der Waals surface area contributed by atoms with Crippen LogP contribution in [-0.2, 0) is 0 Å². The summed E-state index contributed by atoms with van der Waals surface area (Å²) in [6.45, 7) is 0. The van der Waals surface area contributed by atoms with Crippen molar-refractivity contribution in [3.8, 4) is 0 Å². The van der Waals surface area contributed by atoms with Gasteiger partial charge in [-0.1, -0.05) is 11.8 Å². The molecule has 0 saturated carbocycles. The zero-order valence-corrected chi connectivity index (χ0v) is 9.49. The lowest BCUT2D eigenvalue weighted by Crippen LogP contribution is -1.93. The van der Waals surface area contributed by atoms with Crippen molar-refractivity contribution < 1.29 is 8.78 Å². The van der Waals surface area contributed by atoms with E-state index >= 15 is 0 Å². The van der Waals surface area contributed by atoms with Crippen LogP contribution in [0.25, 0.3) is 0 Å². The predicted octanol–water partition coefficient (Wildman–Crippen LogP) is 3.15. The van der Waals surface area contributed by atoms with Gasteiger partial charge in [0.2, 0.25) is 0 Å². The quantitative estimate of drug-likeness (QED) is 0.854. The highest BCUT2D eigenvalue weighted by Gasteiger charge is 2.14. The summed E-state index contributed by atoms with van der Waals surface area (Å²) in [6.07, 6.45) is 2.01. The van der Waals surface area contributed by atoms with Crippen LogP contribution in [0, 0.1) is 0 Å². The van der Waals surface area contributed by atoms with Gasteiger partial charge in [0.25, 0.3) is 6.43 Å². The van der Waals surface area contributed by atoms with Crippen molar-refractivity contribution in [2.75, 3.05) is 5.73 Å². The maximum Gasteiger partial charge on any atom is 0.265 e. The van der Waals surface area contributed by atoms with Crippen molar-refractivity contribution in [2.45, 2.75) is 16.3 Å². The molecule has 0 unspecified atom stereocenters. The molecule has 2 aromatic rings. The molecule has 17 heavy (non-hydrogen) atoms. The monoisotopic (exact) mass is 253 g/mol. The second kappa shape index (κ2) is 5.09. The highest BCUT2D eigenvalue weighted by Crippen LogP contribution is 2.35. The van der Waals surface area contributed by atoms with Gasteiger partial charge in [-0.3, -0.25) is 4.98 Å². The number of hydrogen-bond acceptors (Lipinski definition) is 4. The van der Waals surface area contributed by atoms with E-state index in [0.717, 1.165) is 11.8 Å². The predicted molar refractivity (Wildman–Crippen MR) is 62.0 cm³/mol. The zero-order chi connectivity index (χ0) is 12.3. The number of alkyl halides is 2. The largest absolute Gasteiger partial charge is 0.399 e. The minimum absolute atomic E-state index is 0.0827. The van der Waals surface area contributed by atoms with E-state index in [1.165, 1.54) is 24.7 Å². The highest BCUT2D eigenvalue weighted by molar-refractivity contribution is 7.99. The molecule has 0 aliphatic carbocycles. The van der Waals surface area contributed by atoms with Gasteiger partial charge in [-0.05, 0) is 18.2 Å². The first kappa shape index (κ1) is 11.8. The van der Waals surface area contributed by atoms with Crippen LogP contribution >= 0.6 is 11.8 Å². The van der Waals surface area contributed by atoms with E-state index in [1.807, 2.05) is 0 Å². The van der Waals surface area contributed by atoms with E-state index in [0.29, 0.717) is 15.6 Å². The van der Waals surface area contributed by atoms with Gasteiger partial charge in [0.1, 0.15) is 5.03 Å². The van der Waals surface area contributed by atoms with Crippen LogP contribution in [0.2, 0.25) is 0 Å². The molecule has 0 saturated heterocycles. The number of rotatable bonds is 3. The number of aromatic nitrogens is 2. The first-order valence-corrected chi connectivity index (χ1v) is 5.60. The van der Waals surface area contributed by atoms with Gasteiger partial charge >= 0.3 is 0 Å². The number of hydrogen-bond donors (Lipinski definition) is 1. The van der Waals surface area contributed by atoms with Crippen molar-refractivity contribution in [1.82, 2.24) is 9.97 Å². The van der Waals surface area contributed by atoms with Gasteiger partial charge in [0.05, 0.1) is 6.20 Å². The van der Waals surface area contributed by atoms with E-state index in [9.17, 15) is 8.78 Å². The molecule has 0 radical (unpaired) electrons. The first-order valence-electron chi connectivity index (χ1n) is 4.78. The Labute approximate surface area is 101 Å². The molecule has 0 fully saturated rings. The van der Waals surface area contributed by atoms with Crippen LogP contribution in [0.3, 0.4) is 0 Å². The van der Waals surface area contributed by atoms with Crippen molar-refractivity contribution in [1.29, 1.82) is 0 Å². The molecule has 6 heteroatoms. The van der Waals surface area contributed by atoms with Gasteiger partial charge in [-0.25, -0.2) is 13.8 Å². The summed E-state index contributed by atoms with van der Waals surface area (Å²) in [5, 5.41) is 0.569. The maximum absolute atomic E-state index is 12.8. The third-order valence-corrected chi connectivity index (χ3v) is 3.03. The summed E-state index contributed by atoms with van der Waals surface area (Å²) in [4.78, 5) is 8.34. The zero-order valence-electron chi connectivity index (χ0n) is 8.68. The number of nitrogens with two attached hydrogens (primary N) is 1. The Morgan fingerprint density at radius 1 is 1.24 bits per heavy atom. The second-order valence-electron chi connectivity index (χ2n) is 3.24. The summed E-state index contributed by atoms with van der Waals surface area (Å²) >= 11 is 1.14. The molecule has 88 valence electrons. The molecule has 0 amide bonds. The average Bonchev–Trinajstić information content (AvgIpc) is 2.32. The van der Waals surface area contributed by atoms with E-state index in [2.05, 4.69) is 9.97 Å². The standard InChI is InChI=1S/C11H9F2N3S/c12-11(13)8-5-7(14)1-2-9(8)17-10-6-15-3-4-16-10/h1-6,11H,14H2. The number of nitrogen functional groups attached to an aromatic ring is 1. The van der Waals surface area contributed by atoms with Gasteiger partial charge in [0.15, 0.2) is 0 Å². The first-order chi connectivity index (χ1) is 8.16. The van der Waals surface area contributed by atoms with Crippen molar-refractivity contribution in [2.24, 2.45) is 0 Å². The Hall–Kier alpha value is -1.69. The average molecular weight is 253 g/mol. The number of halogens is 2. The topological polar surface area (TPSA) is 51.8 Å². The third kappa shape index (κ3) is 2.91. The van der Waals surface area contributed by atoms with Gasteiger partial charge in [-0.15, -0.1) is 0 Å². The lowest BCUT2D eigenvalue weighted by Gasteiger charge is -2.08. The number of nitrogens with zero attached hydrogens (tertiary/aromatic N) is 2. The van der Waals surface area contributed by atoms with Gasteiger partial charge in [0, 0.05) is 28.5 Å². The molecule has 1 aromatic heterocycles. The summed E-state index contributed by atoms with van der Waals surface area (Å²) < 4.78 is 25.6. The Kier molecular flexibility index (Phi) is 3.53. The molecule has 0 spiro atoms. The second-order valence-corrected chi connectivity index (χ2v) is 4.31. The van der Waals surface area contributed by atoms with Gasteiger partial charge in [-0.2, -0.15) is 0 Å². The van der Waals surface area contributed by atoms with Crippen molar-refractivity contribution in [3.63, 3.8) is 0 Å². The molecule has 1 heterocycles. The van der Waals surface area contributed by atoms with Crippen molar-refractivity contribution >= 4 is 17.4 Å². The molecule has 0 bridgehead atoms. The molecule has 0 aliphatic rings. The lowest BCUT2D eigenvalue weighted by molar-refractivity contribution is 0.148. The smallest absolute Gasteiger partial charge is 0.265 e. The SMILES string of the molecule is Nc1ccc(Sc2cnccn2)c(C(F)F)c1. The Morgan fingerprint density at radius 2 is 2.06 bits per heavy atom. The van der Waals surface area contributed by atoms with Crippen LogP contribution in [0.5, 0.6) is 0 Å². The normalized spacial score (nSPS) is 10.8. The van der Waals surface area contributed by atoms with E-state index < -0.39 is 6.43 Å². The summed E-state index contributed by atoms with van der Waals surface area (Å²) in [7, 11) is 0. The number of benzene rings is 1. The van der Waals surface area contributed by atoms with Crippen LogP contribution in [0.4, 0.5) is 14.5 Å². The van der Waals surface area contributed by atoms with Gasteiger partial charge < -0.3 is 5.73 Å². The summed E-state index contributed by atoms with van der Waals surface area (Å²) in [5.41, 5.74) is 5.73. The fourth-order valence-corrected chi connectivity index (χ4v) is 2.14. The summed E-state index contributed by atoms with van der Waals surface area (Å²) in [5.74, 6) is 0. The lowest BCUT2D eigenvalue weighted by atomic mass is 10.2. The molecule has 1 aromatic carbocycles. The Balaban J connectivity index is 2.33. The molecular formula is C11H9F2N3S. The maximum atomic E-state index is 12.8. The van der Waals surface area contributed by atoms with Crippen molar-refractivity contribution in [3.05, 3.63) is 42.4 Å². The van der Waals surface area contributed by atoms with Crippen LogP contribution in [-0.4, -0.2) is 9.97 Å². The summed E-state index contributed by atoms with van der Waals surface area (Å²) in [6, 6.07) is 4.43. The Morgan fingerprint density at radius 3 is 2.71 bits per heavy atom. The fourth-order valence-electron chi connectivity index (χ4n) is 1.28. The van der Waals surface area contributed by atoms with Crippen LogP contribution in [0.1, 0.15) is 12.0 Å². The van der Waals surface area contributed by atoms with Crippen LogP contribution < -0.4 is 5.73 Å². The fraction of sp³-hybridized carbons (Fsp3) is 0.0909. The Bertz CT molecular complexity index is 505. The minimum Gasteiger partial charge on any atom is -0.399 e. The highest BCUT2D eigenvalue weighted by atomic mass is 32.2. The molecule has 3 nitrogen and oxygen atoms in total. The molecular weight excluding hydrogens is 244 g/mol. The van der Waals surface area contributed by atoms with Crippen LogP contribution in [0.15, 0.2) is 46.7 Å².